The Labute approximate surface area is 137 Å². The van der Waals surface area contributed by atoms with E-state index in [2.05, 4.69) is 10.3 Å². The number of aromatic nitrogens is 1. The fourth-order valence-electron chi connectivity index (χ4n) is 2.04. The summed E-state index contributed by atoms with van der Waals surface area (Å²) in [4.78, 5) is 15.5. The Morgan fingerprint density at radius 2 is 1.95 bits per heavy atom. The second-order valence-corrected chi connectivity index (χ2v) is 6.30. The number of carbonyl (C=O) groups is 1. The van der Waals surface area contributed by atoms with Gasteiger partial charge in [0.2, 0.25) is 5.91 Å². The monoisotopic (exact) mass is 328 g/mol. The number of hydrogen-bond donors (Lipinski definition) is 1. The molecule has 5 heteroatoms. The van der Waals surface area contributed by atoms with Gasteiger partial charge in [0.1, 0.15) is 5.01 Å². The van der Waals surface area contributed by atoms with Gasteiger partial charge < -0.3 is 5.32 Å². The van der Waals surface area contributed by atoms with Gasteiger partial charge in [-0.05, 0) is 42.0 Å². The fraction of sp³-hybridized carbons (Fsp3) is 0.0588. The lowest BCUT2D eigenvalue weighted by molar-refractivity contribution is -0.114. The summed E-state index contributed by atoms with van der Waals surface area (Å²) < 4.78 is 1.12. The van der Waals surface area contributed by atoms with Crippen molar-refractivity contribution < 1.29 is 4.79 Å². The van der Waals surface area contributed by atoms with Crippen LogP contribution in [0, 0.1) is 0 Å². The molecule has 0 aliphatic rings. The van der Waals surface area contributed by atoms with Gasteiger partial charge >= 0.3 is 0 Å². The van der Waals surface area contributed by atoms with E-state index >= 15 is 0 Å². The zero-order chi connectivity index (χ0) is 15.5. The first-order valence-electron chi connectivity index (χ1n) is 6.72. The van der Waals surface area contributed by atoms with Gasteiger partial charge in [-0.1, -0.05) is 29.8 Å². The molecule has 0 atom stereocenters. The number of fused-ring (bicyclic) bond motifs is 1. The number of rotatable bonds is 3. The molecular formula is C17H13ClN2OS. The zero-order valence-corrected chi connectivity index (χ0v) is 13.4. The average Bonchev–Trinajstić information content (AvgIpc) is 2.88. The van der Waals surface area contributed by atoms with Gasteiger partial charge in [-0.2, -0.15) is 0 Å². The Bertz CT molecular complexity index is 853. The summed E-state index contributed by atoms with van der Waals surface area (Å²) in [6.45, 7) is 1.49. The van der Waals surface area contributed by atoms with E-state index in [9.17, 15) is 4.79 Å². The lowest BCUT2D eigenvalue weighted by Gasteiger charge is -2.01. The number of benzene rings is 2. The van der Waals surface area contributed by atoms with E-state index in [4.69, 9.17) is 11.6 Å². The number of halogens is 1. The quantitative estimate of drug-likeness (QED) is 0.728. The van der Waals surface area contributed by atoms with Crippen LogP contribution in [-0.4, -0.2) is 10.9 Å². The predicted molar refractivity (Wildman–Crippen MR) is 94.3 cm³/mol. The third kappa shape index (κ3) is 3.53. The van der Waals surface area contributed by atoms with Crippen molar-refractivity contribution in [2.75, 3.05) is 5.32 Å². The van der Waals surface area contributed by atoms with Gasteiger partial charge in [-0.15, -0.1) is 11.3 Å². The molecule has 0 spiro atoms. The van der Waals surface area contributed by atoms with Crippen molar-refractivity contribution in [3.63, 3.8) is 0 Å². The predicted octanol–water partition coefficient (Wildman–Crippen LogP) is 5.08. The molecule has 3 nitrogen and oxygen atoms in total. The fourth-order valence-corrected chi connectivity index (χ4v) is 3.05. The van der Waals surface area contributed by atoms with Crippen LogP contribution in [0.2, 0.25) is 5.02 Å². The molecule has 0 radical (unpaired) electrons. The van der Waals surface area contributed by atoms with Crippen LogP contribution in [0.3, 0.4) is 0 Å². The largest absolute Gasteiger partial charge is 0.326 e. The van der Waals surface area contributed by atoms with Crippen molar-refractivity contribution >= 4 is 56.9 Å². The normalized spacial score (nSPS) is 11.2. The molecule has 0 saturated carbocycles. The van der Waals surface area contributed by atoms with E-state index in [0.29, 0.717) is 5.02 Å². The average molecular weight is 329 g/mol. The maximum Gasteiger partial charge on any atom is 0.221 e. The molecule has 0 fully saturated rings. The standard InChI is InChI=1S/C17H13ClN2OS/c1-11(21)19-14-6-2-12(3-7-14)4-9-17-20-15-10-13(18)5-8-16(15)22-17/h2-10H,1H3,(H,19,21). The van der Waals surface area contributed by atoms with Crippen molar-refractivity contribution in [3.05, 3.63) is 58.1 Å². The SMILES string of the molecule is CC(=O)Nc1ccc(C=Cc2nc3cc(Cl)ccc3s2)cc1. The van der Waals surface area contributed by atoms with Crippen LogP contribution in [-0.2, 0) is 4.79 Å². The molecule has 0 unspecified atom stereocenters. The Balaban J connectivity index is 1.78. The van der Waals surface area contributed by atoms with Crippen LogP contribution >= 0.6 is 22.9 Å². The van der Waals surface area contributed by atoms with E-state index in [-0.39, 0.29) is 5.91 Å². The molecule has 0 aliphatic heterocycles. The topological polar surface area (TPSA) is 42.0 Å². The summed E-state index contributed by atoms with van der Waals surface area (Å²) in [5, 5.41) is 4.37. The molecule has 1 heterocycles. The van der Waals surface area contributed by atoms with Crippen molar-refractivity contribution in [1.82, 2.24) is 4.98 Å². The summed E-state index contributed by atoms with van der Waals surface area (Å²) >= 11 is 7.59. The first-order chi connectivity index (χ1) is 10.6. The van der Waals surface area contributed by atoms with Crippen LogP contribution in [0.5, 0.6) is 0 Å². The van der Waals surface area contributed by atoms with Crippen LogP contribution in [0.15, 0.2) is 42.5 Å². The van der Waals surface area contributed by atoms with Gasteiger partial charge in [0.25, 0.3) is 0 Å². The van der Waals surface area contributed by atoms with Crippen LogP contribution in [0.4, 0.5) is 5.69 Å². The Morgan fingerprint density at radius 1 is 1.18 bits per heavy atom. The molecule has 1 aromatic heterocycles. The first kappa shape index (κ1) is 14.8. The third-order valence-electron chi connectivity index (χ3n) is 3.02. The van der Waals surface area contributed by atoms with Gasteiger partial charge in [-0.3, -0.25) is 4.79 Å². The molecule has 22 heavy (non-hydrogen) atoms. The summed E-state index contributed by atoms with van der Waals surface area (Å²) in [7, 11) is 0. The molecule has 0 bridgehead atoms. The molecule has 2 aromatic carbocycles. The molecule has 1 N–H and O–H groups in total. The number of amides is 1. The van der Waals surface area contributed by atoms with Crippen LogP contribution < -0.4 is 5.32 Å². The number of hydrogen-bond acceptors (Lipinski definition) is 3. The minimum atomic E-state index is -0.0728. The number of anilines is 1. The van der Waals surface area contributed by atoms with Gasteiger partial charge in [-0.25, -0.2) is 4.98 Å². The van der Waals surface area contributed by atoms with E-state index in [1.54, 1.807) is 11.3 Å². The summed E-state index contributed by atoms with van der Waals surface area (Å²) in [5.74, 6) is -0.0728. The van der Waals surface area contributed by atoms with Gasteiger partial charge in [0.15, 0.2) is 0 Å². The molecule has 3 rings (SSSR count). The summed E-state index contributed by atoms with van der Waals surface area (Å²) in [5.41, 5.74) is 2.75. The van der Waals surface area contributed by atoms with E-state index < -0.39 is 0 Å². The Kier molecular flexibility index (Phi) is 4.22. The second kappa shape index (κ2) is 6.30. The van der Waals surface area contributed by atoms with Gasteiger partial charge in [0, 0.05) is 17.6 Å². The molecule has 0 saturated heterocycles. The summed E-state index contributed by atoms with van der Waals surface area (Å²) in [6.07, 6.45) is 3.98. The van der Waals surface area contributed by atoms with Crippen molar-refractivity contribution in [2.24, 2.45) is 0 Å². The van der Waals surface area contributed by atoms with E-state index in [1.807, 2.05) is 54.6 Å². The number of thiazole rings is 1. The highest BCUT2D eigenvalue weighted by atomic mass is 35.5. The molecule has 3 aromatic rings. The van der Waals surface area contributed by atoms with Crippen molar-refractivity contribution in [3.8, 4) is 0 Å². The second-order valence-electron chi connectivity index (χ2n) is 4.80. The molecule has 0 aliphatic carbocycles. The van der Waals surface area contributed by atoms with E-state index in [1.165, 1.54) is 6.92 Å². The minimum absolute atomic E-state index is 0.0728. The third-order valence-corrected chi connectivity index (χ3v) is 4.25. The molecule has 110 valence electrons. The smallest absolute Gasteiger partial charge is 0.221 e. The lowest BCUT2D eigenvalue weighted by atomic mass is 10.2. The zero-order valence-electron chi connectivity index (χ0n) is 11.8. The minimum Gasteiger partial charge on any atom is -0.326 e. The molecule has 1 amide bonds. The number of carbonyl (C=O) groups excluding carboxylic acids is 1. The Hall–Kier alpha value is -2.17. The highest BCUT2D eigenvalue weighted by Gasteiger charge is 2.01. The first-order valence-corrected chi connectivity index (χ1v) is 7.91. The highest BCUT2D eigenvalue weighted by molar-refractivity contribution is 7.19. The maximum atomic E-state index is 11.0. The lowest BCUT2D eigenvalue weighted by Crippen LogP contribution is -2.05. The van der Waals surface area contributed by atoms with Gasteiger partial charge in [0.05, 0.1) is 10.2 Å². The maximum absolute atomic E-state index is 11.0. The van der Waals surface area contributed by atoms with Crippen LogP contribution in [0.25, 0.3) is 22.4 Å². The van der Waals surface area contributed by atoms with E-state index in [0.717, 1.165) is 26.5 Å². The van der Waals surface area contributed by atoms with Crippen molar-refractivity contribution in [1.29, 1.82) is 0 Å². The number of nitrogens with zero attached hydrogens (tertiary/aromatic N) is 1. The van der Waals surface area contributed by atoms with Crippen LogP contribution in [0.1, 0.15) is 17.5 Å². The highest BCUT2D eigenvalue weighted by Crippen LogP contribution is 2.26. The molecular weight excluding hydrogens is 316 g/mol. The Morgan fingerprint density at radius 3 is 2.68 bits per heavy atom. The number of nitrogens with one attached hydrogen (secondary N) is 1. The van der Waals surface area contributed by atoms with Crippen molar-refractivity contribution in [2.45, 2.75) is 6.92 Å². The summed E-state index contributed by atoms with van der Waals surface area (Å²) in [6, 6.07) is 13.4.